The molecule has 0 aliphatic carbocycles. The third kappa shape index (κ3) is 2.54. The van der Waals surface area contributed by atoms with E-state index in [1.807, 2.05) is 13.8 Å². The van der Waals surface area contributed by atoms with Crippen LogP contribution in [0.2, 0.25) is 0 Å². The summed E-state index contributed by atoms with van der Waals surface area (Å²) >= 11 is 1.60. The molecule has 1 aromatic rings. The van der Waals surface area contributed by atoms with Crippen LogP contribution in [0.25, 0.3) is 0 Å². The molecule has 2 fully saturated rings. The minimum atomic E-state index is -0.299. The van der Waals surface area contributed by atoms with Gasteiger partial charge in [0.05, 0.1) is 6.61 Å². The highest BCUT2D eigenvalue weighted by Crippen LogP contribution is 2.30. The van der Waals surface area contributed by atoms with E-state index in [9.17, 15) is 4.79 Å². The summed E-state index contributed by atoms with van der Waals surface area (Å²) in [7, 11) is 0. The molecule has 2 aliphatic rings. The third-order valence-electron chi connectivity index (χ3n) is 4.11. The van der Waals surface area contributed by atoms with Crippen molar-refractivity contribution in [3.05, 3.63) is 10.6 Å². The number of rotatable bonds is 3. The van der Waals surface area contributed by atoms with Crippen LogP contribution in [0.15, 0.2) is 0 Å². The Morgan fingerprint density at radius 3 is 3.10 bits per heavy atom. The predicted octanol–water partition coefficient (Wildman–Crippen LogP) is 1.91. The van der Waals surface area contributed by atoms with E-state index >= 15 is 0 Å². The van der Waals surface area contributed by atoms with Crippen molar-refractivity contribution < 1.29 is 9.53 Å². The van der Waals surface area contributed by atoms with Crippen LogP contribution in [0, 0.1) is 6.92 Å². The van der Waals surface area contributed by atoms with E-state index in [0.717, 1.165) is 29.6 Å². The molecule has 20 heavy (non-hydrogen) atoms. The Morgan fingerprint density at radius 2 is 2.30 bits per heavy atom. The molecule has 0 radical (unpaired) electrons. The van der Waals surface area contributed by atoms with Crippen LogP contribution in [-0.4, -0.2) is 54.7 Å². The second-order valence-electron chi connectivity index (χ2n) is 5.40. The third-order valence-corrected chi connectivity index (χ3v) is 5.14. The van der Waals surface area contributed by atoms with E-state index in [0.29, 0.717) is 18.3 Å². The van der Waals surface area contributed by atoms with E-state index in [4.69, 9.17) is 4.74 Å². The van der Waals surface area contributed by atoms with Crippen molar-refractivity contribution in [2.24, 2.45) is 0 Å². The van der Waals surface area contributed by atoms with Crippen LogP contribution in [-0.2, 0) is 4.74 Å². The molecule has 6 heteroatoms. The molecule has 0 aromatic carbocycles. The average Bonchev–Trinajstić information content (AvgIpc) is 3.04. The minimum Gasteiger partial charge on any atom is -0.461 e. The Kier molecular flexibility index (Phi) is 3.94. The van der Waals surface area contributed by atoms with Crippen LogP contribution in [0.3, 0.4) is 0 Å². The first kappa shape index (κ1) is 13.8. The quantitative estimate of drug-likeness (QED) is 0.797. The number of piperazine rings is 1. The molecule has 1 aromatic heterocycles. The summed E-state index contributed by atoms with van der Waals surface area (Å²) in [6.45, 7) is 8.55. The molecule has 3 heterocycles. The largest absolute Gasteiger partial charge is 0.461 e. The molecule has 1 atom stereocenters. The predicted molar refractivity (Wildman–Crippen MR) is 79.6 cm³/mol. The number of ether oxygens (including phenoxy) is 1. The normalized spacial score (nSPS) is 22.9. The Balaban J connectivity index is 1.74. The minimum absolute atomic E-state index is 0.299. The van der Waals surface area contributed by atoms with Gasteiger partial charge < -0.3 is 9.64 Å². The van der Waals surface area contributed by atoms with Crippen molar-refractivity contribution in [1.82, 2.24) is 9.88 Å². The number of carbonyl (C=O) groups is 1. The van der Waals surface area contributed by atoms with E-state index < -0.39 is 0 Å². The Morgan fingerprint density at radius 1 is 1.45 bits per heavy atom. The molecule has 0 saturated carbocycles. The summed E-state index contributed by atoms with van der Waals surface area (Å²) < 4.78 is 5.06. The van der Waals surface area contributed by atoms with Gasteiger partial charge in [-0.1, -0.05) is 0 Å². The monoisotopic (exact) mass is 295 g/mol. The van der Waals surface area contributed by atoms with Crippen molar-refractivity contribution >= 4 is 22.4 Å². The number of hydrogen-bond donors (Lipinski definition) is 0. The molecule has 0 spiro atoms. The molecule has 110 valence electrons. The van der Waals surface area contributed by atoms with Gasteiger partial charge in [-0.25, -0.2) is 9.78 Å². The summed E-state index contributed by atoms with van der Waals surface area (Å²) in [6.07, 6.45) is 2.59. The smallest absolute Gasteiger partial charge is 0.358 e. The maximum Gasteiger partial charge on any atom is 0.358 e. The van der Waals surface area contributed by atoms with Gasteiger partial charge in [-0.2, -0.15) is 0 Å². The first-order valence-electron chi connectivity index (χ1n) is 7.32. The molecule has 2 aliphatic heterocycles. The van der Waals surface area contributed by atoms with Gasteiger partial charge in [0.25, 0.3) is 0 Å². The number of carbonyl (C=O) groups excluding carboxylic acids is 1. The average molecular weight is 295 g/mol. The van der Waals surface area contributed by atoms with Gasteiger partial charge in [0.2, 0.25) is 0 Å². The van der Waals surface area contributed by atoms with Gasteiger partial charge in [0, 0.05) is 30.6 Å². The molecular weight excluding hydrogens is 274 g/mol. The molecule has 0 bridgehead atoms. The van der Waals surface area contributed by atoms with Crippen LogP contribution in [0.1, 0.15) is 35.1 Å². The van der Waals surface area contributed by atoms with Crippen molar-refractivity contribution in [2.75, 3.05) is 37.7 Å². The van der Waals surface area contributed by atoms with Gasteiger partial charge in [0.15, 0.2) is 10.8 Å². The summed E-state index contributed by atoms with van der Waals surface area (Å²) in [6, 6.07) is 0.666. The zero-order valence-electron chi connectivity index (χ0n) is 12.1. The highest BCUT2D eigenvalue weighted by Gasteiger charge is 2.32. The summed E-state index contributed by atoms with van der Waals surface area (Å²) in [5.74, 6) is -0.299. The zero-order valence-corrected chi connectivity index (χ0v) is 12.9. The highest BCUT2D eigenvalue weighted by atomic mass is 32.1. The van der Waals surface area contributed by atoms with Crippen molar-refractivity contribution in [2.45, 2.75) is 32.7 Å². The second-order valence-corrected chi connectivity index (χ2v) is 6.58. The number of esters is 1. The highest BCUT2D eigenvalue weighted by molar-refractivity contribution is 7.15. The van der Waals surface area contributed by atoms with Crippen LogP contribution in [0.4, 0.5) is 5.13 Å². The molecule has 0 amide bonds. The Labute approximate surface area is 123 Å². The topological polar surface area (TPSA) is 45.7 Å². The molecule has 0 N–H and O–H groups in total. The van der Waals surface area contributed by atoms with Crippen LogP contribution in [0.5, 0.6) is 0 Å². The van der Waals surface area contributed by atoms with Crippen molar-refractivity contribution in [3.63, 3.8) is 0 Å². The van der Waals surface area contributed by atoms with E-state index in [1.165, 1.54) is 19.4 Å². The lowest BCUT2D eigenvalue weighted by molar-refractivity contribution is 0.0519. The number of aromatic nitrogens is 1. The van der Waals surface area contributed by atoms with E-state index in [-0.39, 0.29) is 5.97 Å². The number of fused-ring (bicyclic) bond motifs is 1. The van der Waals surface area contributed by atoms with Crippen molar-refractivity contribution in [3.8, 4) is 0 Å². The van der Waals surface area contributed by atoms with Crippen LogP contribution >= 0.6 is 11.3 Å². The lowest BCUT2D eigenvalue weighted by Crippen LogP contribution is -2.50. The van der Waals surface area contributed by atoms with Gasteiger partial charge >= 0.3 is 5.97 Å². The zero-order chi connectivity index (χ0) is 14.1. The van der Waals surface area contributed by atoms with Crippen LogP contribution < -0.4 is 4.90 Å². The summed E-state index contributed by atoms with van der Waals surface area (Å²) in [5.41, 5.74) is 0.487. The van der Waals surface area contributed by atoms with Gasteiger partial charge in [-0.05, 0) is 33.2 Å². The lowest BCUT2D eigenvalue weighted by Gasteiger charge is -2.37. The first-order chi connectivity index (χ1) is 9.69. The fourth-order valence-corrected chi connectivity index (χ4v) is 4.00. The van der Waals surface area contributed by atoms with E-state index in [1.54, 1.807) is 11.3 Å². The number of nitrogens with zero attached hydrogens (tertiary/aromatic N) is 3. The maximum absolute atomic E-state index is 11.8. The first-order valence-corrected chi connectivity index (χ1v) is 8.14. The van der Waals surface area contributed by atoms with Gasteiger partial charge in [0.1, 0.15) is 0 Å². The Bertz CT molecular complexity index is 503. The maximum atomic E-state index is 11.8. The fraction of sp³-hybridized carbons (Fsp3) is 0.714. The lowest BCUT2D eigenvalue weighted by atomic mass is 10.2. The molecular formula is C14H21N3O2S. The summed E-state index contributed by atoms with van der Waals surface area (Å²) in [5, 5.41) is 0.970. The Hall–Kier alpha value is -1.14. The standard InChI is InChI=1S/C14H21N3O2S/c1-3-19-13(18)12-10(2)20-14(15-12)17-8-7-16-6-4-5-11(16)9-17/h11H,3-9H2,1-2H3. The van der Waals surface area contributed by atoms with E-state index in [2.05, 4.69) is 14.8 Å². The SMILES string of the molecule is CCOC(=O)c1nc(N2CCN3CCCC3C2)sc1C. The summed E-state index contributed by atoms with van der Waals surface area (Å²) in [4.78, 5) is 22.2. The fourth-order valence-electron chi connectivity index (χ4n) is 3.07. The van der Waals surface area contributed by atoms with Gasteiger partial charge in [-0.3, -0.25) is 4.90 Å². The molecule has 2 saturated heterocycles. The second kappa shape index (κ2) is 5.69. The number of thiazole rings is 1. The molecule has 3 rings (SSSR count). The number of hydrogen-bond acceptors (Lipinski definition) is 6. The van der Waals surface area contributed by atoms with Crippen molar-refractivity contribution in [1.29, 1.82) is 0 Å². The van der Waals surface area contributed by atoms with Gasteiger partial charge in [-0.15, -0.1) is 11.3 Å². The molecule has 1 unspecified atom stereocenters. The number of anilines is 1. The molecule has 5 nitrogen and oxygen atoms in total. The number of aryl methyl sites for hydroxylation is 1.